The number of benzene rings is 6. The number of aromatic carboxylic acids is 1. The molecule has 103 heavy (non-hydrogen) atoms. The highest BCUT2D eigenvalue weighted by molar-refractivity contribution is 7.89. The van der Waals surface area contributed by atoms with Crippen LogP contribution >= 0.6 is 0 Å². The van der Waals surface area contributed by atoms with E-state index < -0.39 is 47.9 Å². The minimum atomic E-state index is -3.72. The Balaban J connectivity index is 0.000000168. The number of nitrogen functional groups attached to an aromatic ring is 1. The Morgan fingerprint density at radius 2 is 0.689 bits per heavy atom. The number of carbonyl (C=O) groups is 3. The monoisotopic (exact) mass is 1470 g/mol. The molecule has 0 aliphatic carbocycles. The molecule has 6 heterocycles. The van der Waals surface area contributed by atoms with Crippen LogP contribution in [0.15, 0.2) is 138 Å². The van der Waals surface area contributed by atoms with Gasteiger partial charge in [-0.3, -0.25) is 24.0 Å². The van der Waals surface area contributed by atoms with Crippen molar-refractivity contribution >= 4 is 115 Å². The molecule has 0 spiro atoms. The summed E-state index contributed by atoms with van der Waals surface area (Å²) in [5, 5.41) is 17.9. The number of nitrogens with one attached hydrogen (secondary N) is 5. The largest absolute Gasteiger partial charge is 0.478 e. The van der Waals surface area contributed by atoms with Crippen LogP contribution in [0.2, 0.25) is 0 Å². The molecule has 31 heteroatoms. The zero-order valence-electron chi connectivity index (χ0n) is 59.4. The summed E-state index contributed by atoms with van der Waals surface area (Å²) in [7, 11) is -2.47. The van der Waals surface area contributed by atoms with Crippen LogP contribution in [0.1, 0.15) is 64.5 Å². The number of morpholine rings is 3. The Kier molecular flexibility index (Phi) is 24.2. The van der Waals surface area contributed by atoms with E-state index >= 15 is 0 Å². The van der Waals surface area contributed by atoms with Crippen molar-refractivity contribution in [3.63, 3.8) is 0 Å². The highest BCUT2D eigenvalue weighted by Crippen LogP contribution is 2.33. The average Bonchev–Trinajstić information content (AvgIpc) is 0.871. The van der Waals surface area contributed by atoms with Gasteiger partial charge in [-0.2, -0.15) is 0 Å². The Hall–Kier alpha value is -9.83. The fourth-order valence-corrected chi connectivity index (χ4v) is 14.6. The molecular formula is C72H86N12O16S3. The Morgan fingerprint density at radius 1 is 0.408 bits per heavy atom. The number of aryl methyl sites for hydroxylation is 6. The van der Waals surface area contributed by atoms with Gasteiger partial charge in [-0.1, -0.05) is 0 Å². The van der Waals surface area contributed by atoms with Crippen LogP contribution in [-0.2, 0) is 44.3 Å². The van der Waals surface area contributed by atoms with Gasteiger partial charge in [0, 0.05) is 161 Å². The van der Waals surface area contributed by atoms with E-state index in [0.717, 1.165) is 73.7 Å². The molecule has 0 radical (unpaired) electrons. The summed E-state index contributed by atoms with van der Waals surface area (Å²) in [6.45, 7) is 17.9. The van der Waals surface area contributed by atoms with E-state index in [-0.39, 0.29) is 48.1 Å². The molecule has 8 N–H and O–H groups in total. The van der Waals surface area contributed by atoms with E-state index in [1.807, 2.05) is 92.6 Å². The first-order valence-corrected chi connectivity index (χ1v) is 37.1. The third kappa shape index (κ3) is 17.8. The zero-order chi connectivity index (χ0) is 75.2. The molecule has 9 aromatic rings. The SMILES string of the molecule is CN(C)S(=O)(=O)c1ccc(N2CCOCC2)c(C(=O)O)c1.Cc1cc2[nH]c(=O)cc(C)c2cc1N.Cc1cc2[nH]c(=O)cc(C)c2cc1NC(=O)c1cc(S(=O)(=O)N(C)C)ccc1N1CCOCC1.Cc1cc2[nH]c(=O)cc(C)c2cc1NC(=O)c1cc(S(=O)(=O)N(C)C)ccc1N1CCOCC1. The molecular weight excluding hydrogens is 1390 g/mol. The smallest absolute Gasteiger partial charge is 0.337 e. The van der Waals surface area contributed by atoms with E-state index in [2.05, 4.69) is 25.6 Å². The summed E-state index contributed by atoms with van der Waals surface area (Å²) in [4.78, 5) is 87.7. The van der Waals surface area contributed by atoms with Gasteiger partial charge in [0.25, 0.3) is 11.8 Å². The van der Waals surface area contributed by atoms with Crippen molar-refractivity contribution in [1.29, 1.82) is 0 Å². The predicted octanol–water partition coefficient (Wildman–Crippen LogP) is 7.17. The van der Waals surface area contributed by atoms with Gasteiger partial charge in [0.1, 0.15) is 0 Å². The molecule has 548 valence electrons. The van der Waals surface area contributed by atoms with Crippen molar-refractivity contribution in [2.24, 2.45) is 0 Å². The van der Waals surface area contributed by atoms with Crippen molar-refractivity contribution in [3.05, 3.63) is 190 Å². The summed E-state index contributed by atoms with van der Waals surface area (Å²) in [6.07, 6.45) is 0. The molecule has 28 nitrogen and oxygen atoms in total. The molecule has 0 bridgehead atoms. The lowest BCUT2D eigenvalue weighted by atomic mass is 10.1. The number of nitrogens with zero attached hydrogens (tertiary/aromatic N) is 6. The summed E-state index contributed by atoms with van der Waals surface area (Å²) in [5.41, 5.74) is 16.9. The molecule has 0 atom stereocenters. The number of hydrogen-bond donors (Lipinski definition) is 7. The lowest BCUT2D eigenvalue weighted by Gasteiger charge is -2.30. The van der Waals surface area contributed by atoms with E-state index in [1.165, 1.54) is 90.8 Å². The first-order valence-electron chi connectivity index (χ1n) is 32.8. The number of aromatic amines is 3. The maximum Gasteiger partial charge on any atom is 0.337 e. The minimum Gasteiger partial charge on any atom is -0.478 e. The quantitative estimate of drug-likeness (QED) is 0.0530. The normalized spacial score (nSPS) is 14.4. The van der Waals surface area contributed by atoms with Gasteiger partial charge in [0.05, 0.1) is 76.7 Å². The molecule has 3 aromatic heterocycles. The second-order valence-corrected chi connectivity index (χ2v) is 32.0. The van der Waals surface area contributed by atoms with Crippen molar-refractivity contribution in [2.75, 3.05) is 152 Å². The number of nitrogens with two attached hydrogens (primary N) is 1. The molecule has 2 amide bonds. The number of ether oxygens (including phenoxy) is 3. The van der Waals surface area contributed by atoms with Gasteiger partial charge in [0.2, 0.25) is 46.7 Å². The molecule has 3 saturated heterocycles. The number of H-pyrrole nitrogens is 3. The van der Waals surface area contributed by atoms with Gasteiger partial charge in [-0.15, -0.1) is 0 Å². The van der Waals surface area contributed by atoms with E-state index in [4.69, 9.17) is 19.9 Å². The van der Waals surface area contributed by atoms with Crippen molar-refractivity contribution < 1.29 is 59.0 Å². The van der Waals surface area contributed by atoms with Crippen molar-refractivity contribution in [2.45, 2.75) is 56.2 Å². The highest BCUT2D eigenvalue weighted by Gasteiger charge is 2.29. The third-order valence-corrected chi connectivity index (χ3v) is 23.2. The lowest BCUT2D eigenvalue weighted by Crippen LogP contribution is -2.37. The Labute approximate surface area is 597 Å². The molecule has 3 fully saturated rings. The molecule has 0 saturated carbocycles. The summed E-state index contributed by atoms with van der Waals surface area (Å²) >= 11 is 0. The average molecular weight is 1470 g/mol. The number of aromatic nitrogens is 3. The Bertz CT molecular complexity index is 5070. The number of sulfonamides is 3. The van der Waals surface area contributed by atoms with Crippen LogP contribution < -0.4 is 47.7 Å². The lowest BCUT2D eigenvalue weighted by molar-refractivity contribution is 0.0695. The summed E-state index contributed by atoms with van der Waals surface area (Å²) in [5.74, 6) is -1.98. The van der Waals surface area contributed by atoms with Crippen LogP contribution in [0.25, 0.3) is 32.7 Å². The molecule has 3 aliphatic heterocycles. The van der Waals surface area contributed by atoms with Crippen LogP contribution in [0.3, 0.4) is 0 Å². The predicted molar refractivity (Wildman–Crippen MR) is 400 cm³/mol. The van der Waals surface area contributed by atoms with Crippen molar-refractivity contribution in [1.82, 2.24) is 27.9 Å². The van der Waals surface area contributed by atoms with Gasteiger partial charge in [-0.05, 0) is 166 Å². The van der Waals surface area contributed by atoms with Crippen molar-refractivity contribution in [3.8, 4) is 0 Å². The number of carboxylic acids is 1. The van der Waals surface area contributed by atoms with Gasteiger partial charge in [0.15, 0.2) is 0 Å². The maximum absolute atomic E-state index is 13.5. The number of amides is 2. The number of rotatable bonds is 14. The van der Waals surface area contributed by atoms with Gasteiger partial charge in [-0.25, -0.2) is 43.0 Å². The number of carboxylic acid groups (broad SMARTS) is 1. The second kappa shape index (κ2) is 32.2. The zero-order valence-corrected chi connectivity index (χ0v) is 61.9. The number of hydrogen-bond acceptors (Lipinski definition) is 19. The van der Waals surface area contributed by atoms with Crippen LogP contribution in [0.4, 0.5) is 34.1 Å². The minimum absolute atomic E-state index is 0.0141. The highest BCUT2D eigenvalue weighted by atomic mass is 32.2. The number of fused-ring (bicyclic) bond motifs is 3. The van der Waals surface area contributed by atoms with E-state index in [0.29, 0.717) is 118 Å². The number of anilines is 6. The molecule has 6 aromatic carbocycles. The topological polar surface area (TPSA) is 370 Å². The summed E-state index contributed by atoms with van der Waals surface area (Å²) in [6, 6.07) is 29.1. The third-order valence-electron chi connectivity index (χ3n) is 17.7. The molecule has 0 unspecified atom stereocenters. The van der Waals surface area contributed by atoms with Crippen LogP contribution in [-0.4, -0.2) is 197 Å². The fourth-order valence-electron chi connectivity index (χ4n) is 11.8. The maximum atomic E-state index is 13.5. The standard InChI is InChI=1S/2C24H28N4O5S.C13H18N2O5S.C11H12N2O/c2*1-15-12-23(29)25-21-11-16(2)20(14-18(15)21)26-24(30)19-13-17(34(31,32)27(3)4)5-6-22(19)28-7-9-33-10-8-28;1-14(2)21(18,19)10-3-4-12(11(9-10)13(16)17)15-5-7-20-8-6-15;1-6-4-11(14)13-10-3-7(2)9(12)5-8(6)10/h2*5-6,11-14H,7-10H2,1-4H3,(H,25,29)(H,26,30);3-4,9H,5-8H2,1-2H3,(H,16,17);3-5H,12H2,1-2H3,(H,13,14). The Morgan fingerprint density at radius 3 is 0.990 bits per heavy atom. The molecule has 12 rings (SSSR count). The molecule has 3 aliphatic rings. The summed E-state index contributed by atoms with van der Waals surface area (Å²) < 4.78 is 94.6. The van der Waals surface area contributed by atoms with Crippen LogP contribution in [0.5, 0.6) is 0 Å². The van der Waals surface area contributed by atoms with E-state index in [9.17, 15) is 59.1 Å². The first-order chi connectivity index (χ1) is 48.6. The number of carbonyl (C=O) groups excluding carboxylic acids is 2. The first kappa shape index (κ1) is 77.3. The second-order valence-electron chi connectivity index (χ2n) is 25.5. The van der Waals surface area contributed by atoms with E-state index in [1.54, 1.807) is 24.3 Å². The van der Waals surface area contributed by atoms with Gasteiger partial charge >= 0.3 is 5.97 Å². The number of pyridine rings is 3. The van der Waals surface area contributed by atoms with Gasteiger partial charge < -0.3 is 65.3 Å². The fraction of sp³-hybridized carbons (Fsp3) is 0.333. The van der Waals surface area contributed by atoms with Crippen LogP contribution in [0, 0.1) is 41.5 Å².